The fraction of sp³-hybridized carbons (Fsp3) is 0.400. The molecule has 0 saturated carbocycles. The van der Waals surface area contributed by atoms with Crippen molar-refractivity contribution in [3.05, 3.63) is 51.9 Å². The Morgan fingerprint density at radius 1 is 1.36 bits per heavy atom. The highest BCUT2D eigenvalue weighted by Crippen LogP contribution is 2.34. The van der Waals surface area contributed by atoms with Gasteiger partial charge in [0.15, 0.2) is 9.84 Å². The van der Waals surface area contributed by atoms with Crippen LogP contribution in [0.3, 0.4) is 0 Å². The quantitative estimate of drug-likeness (QED) is 0.646. The third-order valence-corrected chi connectivity index (χ3v) is 8.16. The molecule has 0 N–H and O–H groups in total. The van der Waals surface area contributed by atoms with Gasteiger partial charge in [0, 0.05) is 17.1 Å². The number of aromatic nitrogens is 1. The Kier molecular flexibility index (Phi) is 4.79. The van der Waals surface area contributed by atoms with Gasteiger partial charge in [-0.25, -0.2) is 13.4 Å². The number of nitrogens with zero attached hydrogens (tertiary/aromatic N) is 2. The van der Waals surface area contributed by atoms with Crippen LogP contribution in [0.2, 0.25) is 0 Å². The average molecular weight is 419 g/mol. The maximum absolute atomic E-state index is 13.5. The van der Waals surface area contributed by atoms with Crippen molar-refractivity contribution in [2.45, 2.75) is 39.8 Å². The molecule has 6 nitrogen and oxygen atoms in total. The molecule has 0 unspecified atom stereocenters. The molecule has 1 aliphatic heterocycles. The maximum Gasteiger partial charge on any atom is 0.264 e. The minimum absolute atomic E-state index is 0.000221. The van der Waals surface area contributed by atoms with E-state index in [0.29, 0.717) is 17.1 Å². The van der Waals surface area contributed by atoms with E-state index in [1.165, 1.54) is 11.3 Å². The van der Waals surface area contributed by atoms with Gasteiger partial charge in [-0.2, -0.15) is 0 Å². The monoisotopic (exact) mass is 418 g/mol. The first-order chi connectivity index (χ1) is 13.2. The summed E-state index contributed by atoms with van der Waals surface area (Å²) in [6.07, 6.45) is 2.01. The Balaban J connectivity index is 1.76. The Morgan fingerprint density at radius 3 is 2.79 bits per heavy atom. The summed E-state index contributed by atoms with van der Waals surface area (Å²) in [5.41, 5.74) is 2.91. The Hall–Kier alpha value is -2.19. The van der Waals surface area contributed by atoms with Gasteiger partial charge in [0.25, 0.3) is 5.91 Å². The van der Waals surface area contributed by atoms with Crippen LogP contribution in [-0.4, -0.2) is 41.8 Å². The van der Waals surface area contributed by atoms with E-state index in [0.717, 1.165) is 27.0 Å². The van der Waals surface area contributed by atoms with Gasteiger partial charge < -0.3 is 9.32 Å². The molecule has 28 heavy (non-hydrogen) atoms. The van der Waals surface area contributed by atoms with E-state index in [1.807, 2.05) is 26.8 Å². The van der Waals surface area contributed by atoms with Gasteiger partial charge in [-0.3, -0.25) is 4.79 Å². The number of pyridine rings is 1. The fourth-order valence-electron chi connectivity index (χ4n) is 3.91. The van der Waals surface area contributed by atoms with Gasteiger partial charge in [-0.15, -0.1) is 11.3 Å². The van der Waals surface area contributed by atoms with Gasteiger partial charge in [0.2, 0.25) is 0 Å². The molecule has 4 heterocycles. The van der Waals surface area contributed by atoms with E-state index >= 15 is 0 Å². The summed E-state index contributed by atoms with van der Waals surface area (Å²) in [5.74, 6) is 0.600. The minimum Gasteiger partial charge on any atom is -0.467 e. The molecule has 3 aromatic heterocycles. The lowest BCUT2D eigenvalue weighted by Crippen LogP contribution is -2.40. The molecule has 0 bridgehead atoms. The molecule has 0 aromatic carbocycles. The third kappa shape index (κ3) is 3.46. The van der Waals surface area contributed by atoms with E-state index in [-0.39, 0.29) is 30.0 Å². The first-order valence-corrected chi connectivity index (χ1v) is 11.8. The fourth-order valence-corrected chi connectivity index (χ4v) is 6.90. The summed E-state index contributed by atoms with van der Waals surface area (Å²) < 4.78 is 29.5. The summed E-state index contributed by atoms with van der Waals surface area (Å²) in [7, 11) is -3.12. The van der Waals surface area contributed by atoms with E-state index < -0.39 is 9.84 Å². The SMILES string of the molecule is Cc1cc(C)c2c(C)c(C(=O)N(Cc3ccco3)[C@H]3CCS(=O)(=O)C3)sc2n1. The van der Waals surface area contributed by atoms with Gasteiger partial charge in [0.05, 0.1) is 29.2 Å². The van der Waals surface area contributed by atoms with Crippen molar-refractivity contribution >= 4 is 37.3 Å². The third-order valence-electron chi connectivity index (χ3n) is 5.24. The lowest BCUT2D eigenvalue weighted by atomic mass is 10.1. The molecular weight excluding hydrogens is 396 g/mol. The van der Waals surface area contributed by atoms with Gasteiger partial charge >= 0.3 is 0 Å². The molecule has 4 rings (SSSR count). The van der Waals surface area contributed by atoms with E-state index in [1.54, 1.807) is 23.3 Å². The normalized spacial score (nSPS) is 18.6. The summed E-state index contributed by atoms with van der Waals surface area (Å²) in [5, 5.41) is 1.01. The van der Waals surface area contributed by atoms with Crippen molar-refractivity contribution < 1.29 is 17.6 Å². The number of sulfone groups is 1. The molecule has 0 spiro atoms. The van der Waals surface area contributed by atoms with Crippen molar-refractivity contribution in [2.75, 3.05) is 11.5 Å². The van der Waals surface area contributed by atoms with Gasteiger partial charge in [0.1, 0.15) is 10.6 Å². The number of rotatable bonds is 4. The number of thiophene rings is 1. The minimum atomic E-state index is -3.12. The van der Waals surface area contributed by atoms with E-state index in [9.17, 15) is 13.2 Å². The second-order valence-corrected chi connectivity index (χ2v) is 10.6. The molecule has 1 aliphatic rings. The van der Waals surface area contributed by atoms with Crippen molar-refractivity contribution in [2.24, 2.45) is 0 Å². The summed E-state index contributed by atoms with van der Waals surface area (Å²) >= 11 is 1.38. The first-order valence-electron chi connectivity index (χ1n) is 9.16. The number of hydrogen-bond acceptors (Lipinski definition) is 6. The zero-order chi connectivity index (χ0) is 20.1. The maximum atomic E-state index is 13.5. The summed E-state index contributed by atoms with van der Waals surface area (Å²) in [6, 6.07) is 5.24. The highest BCUT2D eigenvalue weighted by atomic mass is 32.2. The predicted molar refractivity (Wildman–Crippen MR) is 109 cm³/mol. The number of amides is 1. The van der Waals surface area contributed by atoms with E-state index in [2.05, 4.69) is 4.98 Å². The number of aryl methyl sites for hydroxylation is 3. The van der Waals surface area contributed by atoms with Crippen LogP contribution in [0.5, 0.6) is 0 Å². The molecule has 1 atom stereocenters. The zero-order valence-corrected chi connectivity index (χ0v) is 17.7. The van der Waals surface area contributed by atoms with Crippen LogP contribution in [0.4, 0.5) is 0 Å². The van der Waals surface area contributed by atoms with Crippen LogP contribution in [0.1, 0.15) is 38.7 Å². The first kappa shape index (κ1) is 19.1. The second kappa shape index (κ2) is 7.00. The van der Waals surface area contributed by atoms with Crippen molar-refractivity contribution in [1.82, 2.24) is 9.88 Å². The van der Waals surface area contributed by atoms with Gasteiger partial charge in [-0.1, -0.05) is 0 Å². The molecule has 0 radical (unpaired) electrons. The highest BCUT2D eigenvalue weighted by Gasteiger charge is 2.36. The van der Waals surface area contributed by atoms with E-state index in [4.69, 9.17) is 4.42 Å². The lowest BCUT2D eigenvalue weighted by Gasteiger charge is -2.27. The Labute approximate surface area is 168 Å². The molecular formula is C20H22N2O4S2. The molecule has 1 saturated heterocycles. The Morgan fingerprint density at radius 2 is 2.14 bits per heavy atom. The molecule has 3 aromatic rings. The largest absolute Gasteiger partial charge is 0.467 e. The number of carbonyl (C=O) groups excluding carboxylic acids is 1. The van der Waals surface area contributed by atoms with Crippen molar-refractivity contribution in [3.63, 3.8) is 0 Å². The van der Waals surface area contributed by atoms with Gasteiger partial charge in [-0.05, 0) is 56.5 Å². The van der Waals surface area contributed by atoms with Crippen LogP contribution in [-0.2, 0) is 16.4 Å². The summed E-state index contributed by atoms with van der Waals surface area (Å²) in [6.45, 7) is 6.16. The smallest absolute Gasteiger partial charge is 0.264 e. The van der Waals surface area contributed by atoms with Crippen LogP contribution in [0, 0.1) is 20.8 Å². The number of fused-ring (bicyclic) bond motifs is 1. The topological polar surface area (TPSA) is 80.5 Å². The lowest BCUT2D eigenvalue weighted by molar-refractivity contribution is 0.0670. The molecule has 0 aliphatic carbocycles. The number of carbonyl (C=O) groups is 1. The Bertz CT molecular complexity index is 1150. The van der Waals surface area contributed by atoms with Crippen LogP contribution in [0.25, 0.3) is 10.2 Å². The summed E-state index contributed by atoms with van der Waals surface area (Å²) in [4.78, 5) is 21.2. The molecule has 1 fully saturated rings. The van der Waals surface area contributed by atoms with Crippen LogP contribution in [0.15, 0.2) is 28.9 Å². The zero-order valence-electron chi connectivity index (χ0n) is 16.1. The molecule has 8 heteroatoms. The van der Waals surface area contributed by atoms with Crippen LogP contribution >= 0.6 is 11.3 Å². The van der Waals surface area contributed by atoms with Crippen molar-refractivity contribution in [3.8, 4) is 0 Å². The molecule has 148 valence electrons. The highest BCUT2D eigenvalue weighted by molar-refractivity contribution is 7.91. The van der Waals surface area contributed by atoms with Crippen LogP contribution < -0.4 is 0 Å². The molecule has 1 amide bonds. The average Bonchev–Trinajstić information content (AvgIpc) is 3.31. The standard InChI is InChI=1S/C20H22N2O4S2/c1-12-9-13(2)21-19-17(12)14(3)18(27-19)20(23)22(10-16-5-4-7-26-16)15-6-8-28(24,25)11-15/h4-5,7,9,15H,6,8,10-11H2,1-3H3/t15-/m0/s1. The second-order valence-electron chi connectivity index (χ2n) is 7.39. The predicted octanol–water partition coefficient (Wildman–Crippen LogP) is 3.64. The number of furan rings is 1. The van der Waals surface area contributed by atoms with Crippen molar-refractivity contribution in [1.29, 1.82) is 0 Å². The number of hydrogen-bond donors (Lipinski definition) is 0.